The predicted molar refractivity (Wildman–Crippen MR) is 44.6 cm³/mol. The van der Waals surface area contributed by atoms with E-state index in [0.717, 1.165) is 5.84 Å². The van der Waals surface area contributed by atoms with Gasteiger partial charge in [-0.1, -0.05) is 12.8 Å². The van der Waals surface area contributed by atoms with Crippen molar-refractivity contribution in [1.29, 1.82) is 0 Å². The molecular weight excluding hydrogens is 164 g/mol. The zero-order chi connectivity index (χ0) is 8.43. The minimum atomic E-state index is -0.391. The summed E-state index contributed by atoms with van der Waals surface area (Å²) in [7, 11) is 1.36. The fraction of sp³-hybridized carbons (Fsp3) is 0.667. The lowest BCUT2D eigenvalue weighted by Crippen LogP contribution is -2.25. The van der Waals surface area contributed by atoms with Gasteiger partial charge in [0.2, 0.25) is 0 Å². The summed E-state index contributed by atoms with van der Waals surface area (Å²) in [6.45, 7) is 2.30. The van der Waals surface area contributed by atoms with Gasteiger partial charge in [-0.25, -0.2) is 4.79 Å². The zero-order valence-corrected chi connectivity index (χ0v) is 7.34. The largest absolute Gasteiger partial charge is 0.467 e. The molecule has 5 heteroatoms. The second kappa shape index (κ2) is 3.13. The van der Waals surface area contributed by atoms with Gasteiger partial charge in [0.1, 0.15) is 5.84 Å². The molecule has 0 fully saturated rings. The van der Waals surface area contributed by atoms with E-state index in [1.165, 1.54) is 7.11 Å². The molecule has 0 aromatic rings. The summed E-state index contributed by atoms with van der Waals surface area (Å²) in [6, 6.07) is -0.391. The normalized spacial score (nSPS) is 23.4. The molecule has 0 aromatic carbocycles. The van der Waals surface area contributed by atoms with E-state index in [1.807, 2.05) is 0 Å². The molecule has 62 valence electrons. The first-order valence-electron chi connectivity index (χ1n) is 3.24. The number of ether oxygens (including phenoxy) is 1. The minimum Gasteiger partial charge on any atom is -0.467 e. The second-order valence-electron chi connectivity index (χ2n) is 2.30. The summed E-state index contributed by atoms with van der Waals surface area (Å²) in [4.78, 5) is 14.9. The lowest BCUT2D eigenvalue weighted by molar-refractivity contribution is -0.141. The van der Waals surface area contributed by atoms with E-state index in [0.29, 0.717) is 6.54 Å². The summed E-state index contributed by atoms with van der Waals surface area (Å²) >= 11 is 4.07. The molecule has 0 saturated heterocycles. The third-order valence-electron chi connectivity index (χ3n) is 1.54. The third kappa shape index (κ3) is 1.65. The van der Waals surface area contributed by atoms with Crippen molar-refractivity contribution in [2.24, 2.45) is 4.99 Å². The molecule has 0 amide bonds. The molecule has 1 aliphatic heterocycles. The van der Waals surface area contributed by atoms with Gasteiger partial charge >= 0.3 is 5.97 Å². The molecule has 0 aliphatic carbocycles. The van der Waals surface area contributed by atoms with Gasteiger partial charge in [0.05, 0.1) is 13.7 Å². The molecule has 0 saturated carbocycles. The lowest BCUT2D eigenvalue weighted by atomic mass is 10.3. The van der Waals surface area contributed by atoms with Crippen LogP contribution in [0.15, 0.2) is 4.99 Å². The summed E-state index contributed by atoms with van der Waals surface area (Å²) in [5, 5.41) is 0. The molecule has 4 nitrogen and oxygen atoms in total. The zero-order valence-electron chi connectivity index (χ0n) is 6.44. The molecule has 0 bridgehead atoms. The molecule has 0 spiro atoms. The van der Waals surface area contributed by atoms with Crippen LogP contribution in [-0.4, -0.2) is 35.8 Å². The van der Waals surface area contributed by atoms with Crippen molar-refractivity contribution < 1.29 is 9.53 Å². The first-order chi connectivity index (χ1) is 5.15. The SMILES string of the molecule is COC(=O)C1CN(S)C(C)=N1. The van der Waals surface area contributed by atoms with Crippen LogP contribution < -0.4 is 0 Å². The molecule has 1 heterocycles. The van der Waals surface area contributed by atoms with Crippen molar-refractivity contribution in [3.8, 4) is 0 Å². The monoisotopic (exact) mass is 174 g/mol. The van der Waals surface area contributed by atoms with Gasteiger partial charge in [-0.3, -0.25) is 4.99 Å². The van der Waals surface area contributed by atoms with Gasteiger partial charge in [-0.2, -0.15) is 0 Å². The summed E-state index contributed by atoms with van der Waals surface area (Å²) in [5.41, 5.74) is 0. The van der Waals surface area contributed by atoms with E-state index < -0.39 is 6.04 Å². The van der Waals surface area contributed by atoms with Crippen molar-refractivity contribution >= 4 is 24.6 Å². The van der Waals surface area contributed by atoms with Gasteiger partial charge in [-0.05, 0) is 6.92 Å². The Morgan fingerprint density at radius 2 is 2.55 bits per heavy atom. The van der Waals surface area contributed by atoms with Crippen molar-refractivity contribution in [3.63, 3.8) is 0 Å². The summed E-state index contributed by atoms with van der Waals surface area (Å²) in [6.07, 6.45) is 0. The van der Waals surface area contributed by atoms with E-state index in [-0.39, 0.29) is 5.97 Å². The van der Waals surface area contributed by atoms with Gasteiger partial charge in [-0.15, -0.1) is 0 Å². The Kier molecular flexibility index (Phi) is 2.38. The van der Waals surface area contributed by atoms with Crippen LogP contribution >= 0.6 is 12.8 Å². The maximum Gasteiger partial charge on any atom is 0.332 e. The Morgan fingerprint density at radius 3 is 2.91 bits per heavy atom. The van der Waals surface area contributed by atoms with Crippen molar-refractivity contribution in [3.05, 3.63) is 0 Å². The Morgan fingerprint density at radius 1 is 1.91 bits per heavy atom. The topological polar surface area (TPSA) is 41.9 Å². The highest BCUT2D eigenvalue weighted by molar-refractivity contribution is 7.78. The van der Waals surface area contributed by atoms with Crippen molar-refractivity contribution in [2.45, 2.75) is 13.0 Å². The molecule has 0 N–H and O–H groups in total. The highest BCUT2D eigenvalue weighted by atomic mass is 32.1. The second-order valence-corrected chi connectivity index (χ2v) is 2.78. The van der Waals surface area contributed by atoms with Crippen LogP contribution in [0.2, 0.25) is 0 Å². The molecular formula is C6H10N2O2S. The van der Waals surface area contributed by atoms with Gasteiger partial charge in [0, 0.05) is 0 Å². The highest BCUT2D eigenvalue weighted by Gasteiger charge is 2.26. The average Bonchev–Trinajstić information content (AvgIpc) is 2.31. The fourth-order valence-corrected chi connectivity index (χ4v) is 1.10. The quantitative estimate of drug-likeness (QED) is 0.453. The van der Waals surface area contributed by atoms with Gasteiger partial charge < -0.3 is 9.04 Å². The number of methoxy groups -OCH3 is 1. The smallest absolute Gasteiger partial charge is 0.332 e. The maximum atomic E-state index is 10.9. The molecule has 0 radical (unpaired) electrons. The Balaban J connectivity index is 2.60. The third-order valence-corrected chi connectivity index (χ3v) is 1.99. The number of nitrogens with zero attached hydrogens (tertiary/aromatic N) is 2. The van der Waals surface area contributed by atoms with Crippen LogP contribution in [-0.2, 0) is 9.53 Å². The molecule has 0 aromatic heterocycles. The standard InChI is InChI=1S/C6H10N2O2S/c1-4-7-5(3-8(4)11)6(9)10-2/h5,11H,3H2,1-2H3. The number of amidine groups is 1. The fourth-order valence-electron chi connectivity index (χ4n) is 0.892. The highest BCUT2D eigenvalue weighted by Crippen LogP contribution is 2.11. The first kappa shape index (κ1) is 8.39. The van der Waals surface area contributed by atoms with Crippen molar-refractivity contribution in [1.82, 2.24) is 4.31 Å². The van der Waals surface area contributed by atoms with E-state index in [2.05, 4.69) is 22.5 Å². The number of thiol groups is 1. The number of hydrogen-bond acceptors (Lipinski definition) is 5. The number of carbonyl (C=O) groups excluding carboxylic acids is 1. The van der Waals surface area contributed by atoms with Crippen LogP contribution in [0.3, 0.4) is 0 Å². The summed E-state index contributed by atoms with van der Waals surface area (Å²) < 4.78 is 6.15. The summed E-state index contributed by atoms with van der Waals surface area (Å²) in [5.74, 6) is 0.449. The lowest BCUT2D eigenvalue weighted by Gasteiger charge is -2.08. The molecule has 1 atom stereocenters. The van der Waals surface area contributed by atoms with Gasteiger partial charge in [0.15, 0.2) is 6.04 Å². The Hall–Kier alpha value is -0.710. The van der Waals surface area contributed by atoms with Crippen LogP contribution in [0.1, 0.15) is 6.92 Å². The van der Waals surface area contributed by atoms with E-state index in [9.17, 15) is 4.79 Å². The molecule has 11 heavy (non-hydrogen) atoms. The molecule has 1 unspecified atom stereocenters. The first-order valence-corrected chi connectivity index (χ1v) is 3.64. The van der Waals surface area contributed by atoms with E-state index in [1.54, 1.807) is 11.2 Å². The van der Waals surface area contributed by atoms with Crippen LogP contribution in [0.25, 0.3) is 0 Å². The van der Waals surface area contributed by atoms with E-state index in [4.69, 9.17) is 0 Å². The Bertz CT molecular complexity index is 205. The van der Waals surface area contributed by atoms with Gasteiger partial charge in [0.25, 0.3) is 0 Å². The predicted octanol–water partition coefficient (Wildman–Crippen LogP) is 0.107. The minimum absolute atomic E-state index is 0.305. The van der Waals surface area contributed by atoms with Crippen LogP contribution in [0, 0.1) is 0 Å². The number of hydrogen-bond donors (Lipinski definition) is 1. The molecule has 1 aliphatic rings. The number of esters is 1. The van der Waals surface area contributed by atoms with Crippen molar-refractivity contribution in [2.75, 3.05) is 13.7 Å². The van der Waals surface area contributed by atoms with Crippen LogP contribution in [0.5, 0.6) is 0 Å². The van der Waals surface area contributed by atoms with Crippen LogP contribution in [0.4, 0.5) is 0 Å². The Labute approximate surface area is 70.8 Å². The number of rotatable bonds is 1. The van der Waals surface area contributed by atoms with E-state index >= 15 is 0 Å². The molecule has 1 rings (SSSR count). The number of aliphatic imine (C=N–C) groups is 1. The average molecular weight is 174 g/mol. The number of carbonyl (C=O) groups is 1. The maximum absolute atomic E-state index is 10.9.